The van der Waals surface area contributed by atoms with Crippen LogP contribution in [0.5, 0.6) is 0 Å². The topological polar surface area (TPSA) is 15.3 Å². The van der Waals surface area contributed by atoms with E-state index in [1.807, 2.05) is 0 Å². The van der Waals surface area contributed by atoms with E-state index in [1.54, 1.807) is 0 Å². The van der Waals surface area contributed by atoms with Crippen molar-refractivity contribution in [2.24, 2.45) is 0 Å². The SMILES string of the molecule is Cc1cc(I)ccc1NCc1ccccc1N1CCCC1. The molecule has 2 nitrogen and oxygen atoms in total. The molecule has 3 rings (SSSR count). The van der Waals surface area contributed by atoms with Gasteiger partial charge in [-0.15, -0.1) is 0 Å². The highest BCUT2D eigenvalue weighted by atomic mass is 127. The first-order chi connectivity index (χ1) is 10.2. The van der Waals surface area contributed by atoms with Crippen LogP contribution in [0.3, 0.4) is 0 Å². The predicted octanol–water partition coefficient (Wildman–Crippen LogP) is 4.81. The van der Waals surface area contributed by atoms with E-state index in [4.69, 9.17) is 0 Å². The summed E-state index contributed by atoms with van der Waals surface area (Å²) in [6.07, 6.45) is 2.63. The fourth-order valence-corrected chi connectivity index (χ4v) is 3.59. The summed E-state index contributed by atoms with van der Waals surface area (Å²) < 4.78 is 1.29. The van der Waals surface area contributed by atoms with E-state index in [1.165, 1.54) is 52.0 Å². The van der Waals surface area contributed by atoms with Gasteiger partial charge in [0.05, 0.1) is 0 Å². The largest absolute Gasteiger partial charge is 0.381 e. The first-order valence-corrected chi connectivity index (χ1v) is 8.65. The van der Waals surface area contributed by atoms with Crippen molar-refractivity contribution in [2.45, 2.75) is 26.3 Å². The van der Waals surface area contributed by atoms with Gasteiger partial charge >= 0.3 is 0 Å². The minimum absolute atomic E-state index is 0.883. The number of rotatable bonds is 4. The molecule has 1 aliphatic rings. The molecule has 1 fully saturated rings. The lowest BCUT2D eigenvalue weighted by Gasteiger charge is -2.22. The second-order valence-corrected chi connectivity index (χ2v) is 6.88. The average Bonchev–Trinajstić information content (AvgIpc) is 3.01. The zero-order valence-electron chi connectivity index (χ0n) is 12.4. The second kappa shape index (κ2) is 6.69. The van der Waals surface area contributed by atoms with Gasteiger partial charge in [0.1, 0.15) is 0 Å². The van der Waals surface area contributed by atoms with Gasteiger partial charge in [-0.2, -0.15) is 0 Å². The Balaban J connectivity index is 1.75. The van der Waals surface area contributed by atoms with E-state index in [-0.39, 0.29) is 0 Å². The number of halogens is 1. The number of aryl methyl sites for hydroxylation is 1. The fourth-order valence-electron chi connectivity index (χ4n) is 2.94. The molecule has 21 heavy (non-hydrogen) atoms. The summed E-state index contributed by atoms with van der Waals surface area (Å²) in [6, 6.07) is 15.3. The standard InChI is InChI=1S/C18H21IN2/c1-14-12-16(19)8-9-17(14)20-13-15-6-2-3-7-18(15)21-10-4-5-11-21/h2-3,6-9,12,20H,4-5,10-11,13H2,1H3. The number of nitrogens with zero attached hydrogens (tertiary/aromatic N) is 1. The highest BCUT2D eigenvalue weighted by molar-refractivity contribution is 14.1. The molecule has 1 N–H and O–H groups in total. The Morgan fingerprint density at radius 1 is 1.10 bits per heavy atom. The van der Waals surface area contributed by atoms with E-state index in [9.17, 15) is 0 Å². The number of hydrogen-bond acceptors (Lipinski definition) is 2. The average molecular weight is 392 g/mol. The first kappa shape index (κ1) is 14.7. The molecule has 1 aliphatic heterocycles. The summed E-state index contributed by atoms with van der Waals surface area (Å²) in [5.74, 6) is 0. The Morgan fingerprint density at radius 2 is 1.86 bits per heavy atom. The molecule has 0 aliphatic carbocycles. The lowest BCUT2D eigenvalue weighted by Crippen LogP contribution is -2.20. The molecule has 2 aromatic carbocycles. The maximum atomic E-state index is 3.59. The van der Waals surface area contributed by atoms with Crippen LogP contribution in [-0.2, 0) is 6.54 Å². The Bertz CT molecular complexity index is 618. The molecule has 0 amide bonds. The van der Waals surface area contributed by atoms with Gasteiger partial charge in [-0.25, -0.2) is 0 Å². The Morgan fingerprint density at radius 3 is 2.62 bits per heavy atom. The third-order valence-electron chi connectivity index (χ3n) is 4.10. The molecule has 1 saturated heterocycles. The van der Waals surface area contributed by atoms with E-state index in [0.717, 1.165) is 6.54 Å². The smallest absolute Gasteiger partial charge is 0.0421 e. The van der Waals surface area contributed by atoms with Crippen LogP contribution in [0.1, 0.15) is 24.0 Å². The summed E-state index contributed by atoms with van der Waals surface area (Å²) in [7, 11) is 0. The lowest BCUT2D eigenvalue weighted by molar-refractivity contribution is 0.949. The molecule has 0 bridgehead atoms. The van der Waals surface area contributed by atoms with Gasteiger partial charge < -0.3 is 10.2 Å². The second-order valence-electron chi connectivity index (χ2n) is 5.64. The van der Waals surface area contributed by atoms with Gasteiger partial charge in [0.2, 0.25) is 0 Å². The number of hydrogen-bond donors (Lipinski definition) is 1. The summed E-state index contributed by atoms with van der Waals surface area (Å²) in [5, 5.41) is 3.59. The van der Waals surface area contributed by atoms with Crippen LogP contribution in [0.25, 0.3) is 0 Å². The van der Waals surface area contributed by atoms with E-state index < -0.39 is 0 Å². The molecule has 1 heterocycles. The molecule has 0 radical (unpaired) electrons. The predicted molar refractivity (Wildman–Crippen MR) is 99.1 cm³/mol. The van der Waals surface area contributed by atoms with Crippen LogP contribution in [0.15, 0.2) is 42.5 Å². The Labute approximate surface area is 140 Å². The molecule has 0 saturated carbocycles. The lowest BCUT2D eigenvalue weighted by atomic mass is 10.1. The molecule has 0 unspecified atom stereocenters. The van der Waals surface area contributed by atoms with Crippen LogP contribution < -0.4 is 10.2 Å². The monoisotopic (exact) mass is 392 g/mol. The van der Waals surface area contributed by atoms with Gasteiger partial charge in [0.15, 0.2) is 0 Å². The molecular formula is C18H21IN2. The molecule has 110 valence electrons. The normalized spacial score (nSPS) is 14.5. The molecular weight excluding hydrogens is 371 g/mol. The van der Waals surface area contributed by atoms with Crippen molar-refractivity contribution in [1.82, 2.24) is 0 Å². The minimum Gasteiger partial charge on any atom is -0.381 e. The maximum absolute atomic E-state index is 3.59. The number of anilines is 2. The quantitative estimate of drug-likeness (QED) is 0.752. The van der Waals surface area contributed by atoms with Gasteiger partial charge in [0.25, 0.3) is 0 Å². The Kier molecular flexibility index (Phi) is 4.68. The minimum atomic E-state index is 0.883. The van der Waals surface area contributed by atoms with Crippen LogP contribution in [-0.4, -0.2) is 13.1 Å². The van der Waals surface area contributed by atoms with Crippen LogP contribution in [0.2, 0.25) is 0 Å². The highest BCUT2D eigenvalue weighted by Crippen LogP contribution is 2.26. The third kappa shape index (κ3) is 3.51. The summed E-state index contributed by atoms with van der Waals surface area (Å²) in [6.45, 7) is 5.43. The number of benzene rings is 2. The van der Waals surface area contributed by atoms with Gasteiger partial charge in [-0.05, 0) is 77.7 Å². The van der Waals surface area contributed by atoms with Gasteiger partial charge in [-0.1, -0.05) is 18.2 Å². The molecule has 0 atom stereocenters. The summed E-state index contributed by atoms with van der Waals surface area (Å²) in [4.78, 5) is 2.51. The van der Waals surface area contributed by atoms with Crippen molar-refractivity contribution in [3.8, 4) is 0 Å². The van der Waals surface area contributed by atoms with Crippen molar-refractivity contribution >= 4 is 34.0 Å². The third-order valence-corrected chi connectivity index (χ3v) is 4.77. The fraction of sp³-hybridized carbons (Fsp3) is 0.333. The van der Waals surface area contributed by atoms with Crippen molar-refractivity contribution in [2.75, 3.05) is 23.3 Å². The zero-order valence-corrected chi connectivity index (χ0v) is 14.6. The van der Waals surface area contributed by atoms with Crippen LogP contribution in [0.4, 0.5) is 11.4 Å². The summed E-state index contributed by atoms with van der Waals surface area (Å²) in [5.41, 5.74) is 5.32. The first-order valence-electron chi connectivity index (χ1n) is 7.57. The molecule has 0 aromatic heterocycles. The van der Waals surface area contributed by atoms with Crippen LogP contribution in [0, 0.1) is 10.5 Å². The van der Waals surface area contributed by atoms with E-state index in [2.05, 4.69) is 82.2 Å². The highest BCUT2D eigenvalue weighted by Gasteiger charge is 2.15. The van der Waals surface area contributed by atoms with Crippen molar-refractivity contribution < 1.29 is 0 Å². The number of nitrogens with one attached hydrogen (secondary N) is 1. The van der Waals surface area contributed by atoms with Crippen molar-refractivity contribution in [3.05, 3.63) is 57.2 Å². The van der Waals surface area contributed by atoms with E-state index >= 15 is 0 Å². The molecule has 2 aromatic rings. The zero-order chi connectivity index (χ0) is 14.7. The van der Waals surface area contributed by atoms with Crippen molar-refractivity contribution in [3.63, 3.8) is 0 Å². The van der Waals surface area contributed by atoms with Crippen molar-refractivity contribution in [1.29, 1.82) is 0 Å². The molecule has 3 heteroatoms. The van der Waals surface area contributed by atoms with E-state index in [0.29, 0.717) is 0 Å². The van der Waals surface area contributed by atoms with Gasteiger partial charge in [0, 0.05) is 34.6 Å². The number of para-hydroxylation sites is 1. The maximum Gasteiger partial charge on any atom is 0.0421 e. The Hall–Kier alpha value is -1.23. The van der Waals surface area contributed by atoms with Gasteiger partial charge in [-0.3, -0.25) is 0 Å². The van der Waals surface area contributed by atoms with Crippen LogP contribution >= 0.6 is 22.6 Å². The summed E-state index contributed by atoms with van der Waals surface area (Å²) >= 11 is 2.36. The molecule has 0 spiro atoms.